The number of hydrogen-bond acceptors (Lipinski definition) is 5. The van der Waals surface area contributed by atoms with E-state index in [9.17, 15) is 4.79 Å². The summed E-state index contributed by atoms with van der Waals surface area (Å²) in [7, 11) is 3.92. The van der Waals surface area contributed by atoms with E-state index in [2.05, 4.69) is 27.8 Å². The van der Waals surface area contributed by atoms with Crippen LogP contribution in [0, 0.1) is 0 Å². The van der Waals surface area contributed by atoms with Crippen molar-refractivity contribution in [2.75, 3.05) is 39.0 Å². The normalized spacial score (nSPS) is 10.4. The Hall–Kier alpha value is -1.69. The van der Waals surface area contributed by atoms with Gasteiger partial charge in [-0.2, -0.15) is 0 Å². The highest BCUT2D eigenvalue weighted by Crippen LogP contribution is 2.01. The molecular weight excluding hydrogens is 230 g/mol. The molecule has 6 heteroatoms. The van der Waals surface area contributed by atoms with Crippen LogP contribution >= 0.6 is 0 Å². The third-order valence-corrected chi connectivity index (χ3v) is 2.30. The van der Waals surface area contributed by atoms with Gasteiger partial charge in [-0.1, -0.05) is 6.92 Å². The molecule has 0 saturated carbocycles. The third-order valence-electron chi connectivity index (χ3n) is 2.30. The Kier molecular flexibility index (Phi) is 6.07. The third kappa shape index (κ3) is 5.09. The molecule has 0 spiro atoms. The van der Waals surface area contributed by atoms with Crippen LogP contribution in [0.2, 0.25) is 0 Å². The first-order valence-electron chi connectivity index (χ1n) is 6.14. The molecule has 2 N–H and O–H groups in total. The molecule has 1 amide bonds. The Balaban J connectivity index is 2.43. The van der Waals surface area contributed by atoms with E-state index in [0.29, 0.717) is 18.1 Å². The lowest BCUT2D eigenvalue weighted by Gasteiger charge is -2.10. The predicted molar refractivity (Wildman–Crippen MR) is 71.7 cm³/mol. The highest BCUT2D eigenvalue weighted by molar-refractivity contribution is 5.92. The molecule has 0 aromatic carbocycles. The molecular formula is C12H21N5O. The van der Waals surface area contributed by atoms with Gasteiger partial charge in [0.05, 0.1) is 0 Å². The van der Waals surface area contributed by atoms with Gasteiger partial charge in [-0.3, -0.25) is 4.79 Å². The number of nitrogens with zero attached hydrogens (tertiary/aromatic N) is 3. The number of nitrogens with one attached hydrogen (secondary N) is 2. The van der Waals surface area contributed by atoms with Gasteiger partial charge in [0, 0.05) is 19.6 Å². The molecule has 0 bridgehead atoms. The lowest BCUT2D eigenvalue weighted by atomic mass is 10.3. The number of amides is 1. The topological polar surface area (TPSA) is 70.2 Å². The zero-order valence-corrected chi connectivity index (χ0v) is 11.2. The van der Waals surface area contributed by atoms with E-state index >= 15 is 0 Å². The molecule has 100 valence electrons. The Morgan fingerprint density at radius 2 is 2.06 bits per heavy atom. The number of aromatic nitrogens is 2. The molecule has 18 heavy (non-hydrogen) atoms. The fourth-order valence-corrected chi connectivity index (χ4v) is 1.28. The molecule has 0 saturated heterocycles. The lowest BCUT2D eigenvalue weighted by Crippen LogP contribution is -2.31. The quantitative estimate of drug-likeness (QED) is 0.742. The standard InChI is InChI=1S/C12H21N5O/c1-4-7-13-11-6-5-10(15-16-11)12(18)14-8-9-17(2)3/h5-6H,4,7-9H2,1-3H3,(H,13,16)(H,14,18). The number of anilines is 1. The molecule has 0 unspecified atom stereocenters. The minimum absolute atomic E-state index is 0.189. The lowest BCUT2D eigenvalue weighted by molar-refractivity contribution is 0.0945. The SMILES string of the molecule is CCCNc1ccc(C(=O)NCCN(C)C)nn1. The summed E-state index contributed by atoms with van der Waals surface area (Å²) in [4.78, 5) is 13.7. The fourth-order valence-electron chi connectivity index (χ4n) is 1.28. The second-order valence-electron chi connectivity index (χ2n) is 4.29. The molecule has 0 aliphatic rings. The molecule has 0 aliphatic carbocycles. The van der Waals surface area contributed by atoms with Gasteiger partial charge in [0.1, 0.15) is 5.82 Å². The minimum Gasteiger partial charge on any atom is -0.369 e. The van der Waals surface area contributed by atoms with Crippen LogP contribution < -0.4 is 10.6 Å². The molecule has 0 atom stereocenters. The van der Waals surface area contributed by atoms with Gasteiger partial charge >= 0.3 is 0 Å². The summed E-state index contributed by atoms with van der Waals surface area (Å²) in [5, 5.41) is 13.7. The molecule has 1 rings (SSSR count). The average molecular weight is 251 g/mol. The molecule has 0 radical (unpaired) electrons. The van der Waals surface area contributed by atoms with Crippen molar-refractivity contribution < 1.29 is 4.79 Å². The first-order chi connectivity index (χ1) is 8.63. The largest absolute Gasteiger partial charge is 0.369 e. The van der Waals surface area contributed by atoms with Crippen molar-refractivity contribution in [2.45, 2.75) is 13.3 Å². The monoisotopic (exact) mass is 251 g/mol. The van der Waals surface area contributed by atoms with Crippen LogP contribution in [0.25, 0.3) is 0 Å². The van der Waals surface area contributed by atoms with Crippen LogP contribution in [0.15, 0.2) is 12.1 Å². The summed E-state index contributed by atoms with van der Waals surface area (Å²) < 4.78 is 0. The second-order valence-corrected chi connectivity index (χ2v) is 4.29. The van der Waals surface area contributed by atoms with Crippen LogP contribution in [-0.4, -0.2) is 54.7 Å². The van der Waals surface area contributed by atoms with Crippen molar-refractivity contribution in [1.29, 1.82) is 0 Å². The van der Waals surface area contributed by atoms with Crippen molar-refractivity contribution in [3.05, 3.63) is 17.8 Å². The van der Waals surface area contributed by atoms with E-state index in [0.717, 1.165) is 19.5 Å². The van der Waals surface area contributed by atoms with Crippen LogP contribution in [0.4, 0.5) is 5.82 Å². The number of carbonyl (C=O) groups is 1. The van der Waals surface area contributed by atoms with Crippen LogP contribution in [0.1, 0.15) is 23.8 Å². The summed E-state index contributed by atoms with van der Waals surface area (Å²) in [6.45, 7) is 4.33. The van der Waals surface area contributed by atoms with Crippen LogP contribution in [-0.2, 0) is 0 Å². The van der Waals surface area contributed by atoms with Crippen molar-refractivity contribution in [3.63, 3.8) is 0 Å². The highest BCUT2D eigenvalue weighted by atomic mass is 16.1. The van der Waals surface area contributed by atoms with E-state index < -0.39 is 0 Å². The maximum Gasteiger partial charge on any atom is 0.271 e. The van der Waals surface area contributed by atoms with Gasteiger partial charge in [0.2, 0.25) is 0 Å². The summed E-state index contributed by atoms with van der Waals surface area (Å²) in [5.74, 6) is 0.507. The minimum atomic E-state index is -0.189. The fraction of sp³-hybridized carbons (Fsp3) is 0.583. The Labute approximate surface area is 108 Å². The maximum atomic E-state index is 11.7. The Bertz CT molecular complexity index is 363. The van der Waals surface area contributed by atoms with Crippen molar-refractivity contribution in [1.82, 2.24) is 20.4 Å². The number of carbonyl (C=O) groups excluding carboxylic acids is 1. The second kappa shape index (κ2) is 7.60. The van der Waals surface area contributed by atoms with Crippen molar-refractivity contribution in [2.24, 2.45) is 0 Å². The smallest absolute Gasteiger partial charge is 0.271 e. The van der Waals surface area contributed by atoms with E-state index in [1.165, 1.54) is 0 Å². The average Bonchev–Trinajstić information content (AvgIpc) is 2.36. The van der Waals surface area contributed by atoms with E-state index in [1.807, 2.05) is 19.0 Å². The highest BCUT2D eigenvalue weighted by Gasteiger charge is 2.07. The molecule has 6 nitrogen and oxygen atoms in total. The van der Waals surface area contributed by atoms with E-state index in [1.54, 1.807) is 12.1 Å². The number of likely N-dealkylation sites (N-methyl/N-ethyl adjacent to an activating group) is 1. The molecule has 0 fully saturated rings. The van der Waals surface area contributed by atoms with Crippen LogP contribution in [0.3, 0.4) is 0 Å². The predicted octanol–water partition coefficient (Wildman–Crippen LogP) is 0.590. The number of hydrogen-bond donors (Lipinski definition) is 2. The van der Waals surface area contributed by atoms with Gasteiger partial charge in [-0.05, 0) is 32.6 Å². The van der Waals surface area contributed by atoms with Gasteiger partial charge in [-0.25, -0.2) is 0 Å². The molecule has 1 heterocycles. The Morgan fingerprint density at radius 1 is 1.28 bits per heavy atom. The van der Waals surface area contributed by atoms with E-state index in [4.69, 9.17) is 0 Å². The van der Waals surface area contributed by atoms with Gasteiger partial charge < -0.3 is 15.5 Å². The first-order valence-corrected chi connectivity index (χ1v) is 6.14. The molecule has 1 aromatic rings. The van der Waals surface area contributed by atoms with Gasteiger partial charge in [0.15, 0.2) is 5.69 Å². The van der Waals surface area contributed by atoms with Gasteiger partial charge in [0.25, 0.3) is 5.91 Å². The zero-order valence-electron chi connectivity index (χ0n) is 11.2. The summed E-state index contributed by atoms with van der Waals surface area (Å²) in [6, 6.07) is 3.44. The summed E-state index contributed by atoms with van der Waals surface area (Å²) in [6.07, 6.45) is 1.02. The zero-order chi connectivity index (χ0) is 13.4. The van der Waals surface area contributed by atoms with Crippen molar-refractivity contribution >= 4 is 11.7 Å². The maximum absolute atomic E-state index is 11.7. The van der Waals surface area contributed by atoms with Crippen LogP contribution in [0.5, 0.6) is 0 Å². The van der Waals surface area contributed by atoms with Gasteiger partial charge in [-0.15, -0.1) is 10.2 Å². The molecule has 0 aliphatic heterocycles. The van der Waals surface area contributed by atoms with Crippen molar-refractivity contribution in [3.8, 4) is 0 Å². The molecule has 1 aromatic heterocycles. The first kappa shape index (κ1) is 14.4. The number of rotatable bonds is 7. The Morgan fingerprint density at radius 3 is 2.61 bits per heavy atom. The summed E-state index contributed by atoms with van der Waals surface area (Å²) in [5.41, 5.74) is 0.343. The van der Waals surface area contributed by atoms with E-state index in [-0.39, 0.29) is 5.91 Å². The summed E-state index contributed by atoms with van der Waals surface area (Å²) >= 11 is 0.